The number of benzene rings is 1. The Labute approximate surface area is 138 Å². The molecule has 128 valence electrons. The second kappa shape index (κ2) is 6.62. The van der Waals surface area contributed by atoms with Gasteiger partial charge in [0.2, 0.25) is 0 Å². The molecule has 1 aromatic carbocycles. The molecular weight excluding hydrogens is 312 g/mol. The van der Waals surface area contributed by atoms with Gasteiger partial charge in [0.25, 0.3) is 5.56 Å². The fourth-order valence-electron chi connectivity index (χ4n) is 2.72. The van der Waals surface area contributed by atoms with Crippen molar-refractivity contribution in [3.8, 4) is 5.75 Å². The van der Waals surface area contributed by atoms with Crippen molar-refractivity contribution in [1.82, 2.24) is 9.55 Å². The van der Waals surface area contributed by atoms with E-state index in [9.17, 15) is 14.7 Å². The first-order valence-electron chi connectivity index (χ1n) is 7.79. The summed E-state index contributed by atoms with van der Waals surface area (Å²) in [5, 5.41) is 10.2. The summed E-state index contributed by atoms with van der Waals surface area (Å²) in [7, 11) is 0. The van der Waals surface area contributed by atoms with E-state index in [1.807, 2.05) is 31.2 Å². The maximum atomic E-state index is 11.9. The highest BCUT2D eigenvalue weighted by Gasteiger charge is 2.36. The summed E-state index contributed by atoms with van der Waals surface area (Å²) in [6, 6.07) is 7.59. The number of ether oxygens (including phenoxy) is 2. The Bertz CT molecular complexity index is 841. The lowest BCUT2D eigenvalue weighted by atomic mass is 10.2. The minimum absolute atomic E-state index is 0.179. The Balaban J connectivity index is 1.70. The predicted octanol–water partition coefficient (Wildman–Crippen LogP) is 0.881. The van der Waals surface area contributed by atoms with Gasteiger partial charge in [-0.15, -0.1) is 0 Å². The van der Waals surface area contributed by atoms with Crippen molar-refractivity contribution >= 4 is 0 Å². The van der Waals surface area contributed by atoms with Crippen LogP contribution in [0.2, 0.25) is 0 Å². The fourth-order valence-corrected chi connectivity index (χ4v) is 2.72. The smallest absolute Gasteiger partial charge is 0.330 e. The predicted molar refractivity (Wildman–Crippen MR) is 87.3 cm³/mol. The third-order valence-electron chi connectivity index (χ3n) is 4.06. The van der Waals surface area contributed by atoms with Crippen molar-refractivity contribution in [3.05, 3.63) is 62.4 Å². The molecular formula is C17H20N2O5. The number of aryl methyl sites for hydroxylation is 2. The first kappa shape index (κ1) is 16.5. The minimum atomic E-state index is -0.751. The number of nitrogens with one attached hydrogen (secondary N) is 1. The highest BCUT2D eigenvalue weighted by molar-refractivity contribution is 5.27. The molecule has 0 spiro atoms. The van der Waals surface area contributed by atoms with E-state index < -0.39 is 29.7 Å². The summed E-state index contributed by atoms with van der Waals surface area (Å²) in [6.45, 7) is 3.76. The summed E-state index contributed by atoms with van der Waals surface area (Å²) < 4.78 is 12.7. The standard InChI is InChI=1S/C17H20N2O5/c1-10-4-3-5-12(6-10)23-9-14-13(20)7-15(24-14)19-8-11(2)16(21)18-17(19)22/h3-6,8,13-15,20H,7,9H2,1-2H3,(H,18,21,22)/t13-,14+,15+/m0/s1. The van der Waals surface area contributed by atoms with Crippen LogP contribution in [-0.2, 0) is 4.74 Å². The van der Waals surface area contributed by atoms with Crippen molar-refractivity contribution in [2.75, 3.05) is 6.61 Å². The highest BCUT2D eigenvalue weighted by Crippen LogP contribution is 2.28. The molecule has 0 unspecified atom stereocenters. The SMILES string of the molecule is Cc1cccc(OC[C@H]2O[C@@H](n3cc(C)c(=O)[nH]c3=O)C[C@@H]2O)c1. The van der Waals surface area contributed by atoms with Crippen LogP contribution in [0.3, 0.4) is 0 Å². The number of aliphatic hydroxyl groups is 1. The second-order valence-corrected chi connectivity index (χ2v) is 6.04. The van der Waals surface area contributed by atoms with Gasteiger partial charge < -0.3 is 14.6 Å². The van der Waals surface area contributed by atoms with Gasteiger partial charge in [-0.1, -0.05) is 12.1 Å². The molecule has 0 saturated carbocycles. The maximum Gasteiger partial charge on any atom is 0.330 e. The Hall–Kier alpha value is -2.38. The molecule has 1 aliphatic heterocycles. The Morgan fingerprint density at radius 1 is 1.38 bits per heavy atom. The first-order valence-corrected chi connectivity index (χ1v) is 7.79. The molecule has 7 heteroatoms. The minimum Gasteiger partial charge on any atom is -0.491 e. The molecule has 1 fully saturated rings. The monoisotopic (exact) mass is 332 g/mol. The molecule has 3 rings (SSSR count). The zero-order valence-electron chi connectivity index (χ0n) is 13.6. The summed E-state index contributed by atoms with van der Waals surface area (Å²) >= 11 is 0. The normalized spacial score (nSPS) is 23.4. The molecule has 7 nitrogen and oxygen atoms in total. The molecule has 2 heterocycles. The van der Waals surface area contributed by atoms with Crippen LogP contribution in [-0.4, -0.2) is 33.5 Å². The second-order valence-electron chi connectivity index (χ2n) is 6.04. The molecule has 0 amide bonds. The average Bonchev–Trinajstić information content (AvgIpc) is 2.90. The van der Waals surface area contributed by atoms with Crippen LogP contribution in [0, 0.1) is 13.8 Å². The third kappa shape index (κ3) is 3.42. The lowest BCUT2D eigenvalue weighted by Crippen LogP contribution is -2.33. The lowest BCUT2D eigenvalue weighted by Gasteiger charge is -2.17. The van der Waals surface area contributed by atoms with Gasteiger partial charge in [0.1, 0.15) is 24.7 Å². The molecule has 24 heavy (non-hydrogen) atoms. The highest BCUT2D eigenvalue weighted by atomic mass is 16.6. The summed E-state index contributed by atoms with van der Waals surface area (Å²) in [6.07, 6.45) is -0.224. The average molecular weight is 332 g/mol. The number of hydrogen-bond acceptors (Lipinski definition) is 5. The van der Waals surface area contributed by atoms with Gasteiger partial charge in [0, 0.05) is 18.2 Å². The number of aliphatic hydroxyl groups excluding tert-OH is 1. The van der Waals surface area contributed by atoms with E-state index in [1.54, 1.807) is 6.92 Å². The Morgan fingerprint density at radius 2 is 2.17 bits per heavy atom. The Morgan fingerprint density at radius 3 is 2.92 bits per heavy atom. The van der Waals surface area contributed by atoms with Gasteiger partial charge in [0.05, 0.1) is 6.10 Å². The van der Waals surface area contributed by atoms with Gasteiger partial charge in [-0.25, -0.2) is 4.79 Å². The van der Waals surface area contributed by atoms with E-state index in [0.29, 0.717) is 11.3 Å². The zero-order chi connectivity index (χ0) is 17.3. The molecule has 1 aromatic heterocycles. The third-order valence-corrected chi connectivity index (χ3v) is 4.06. The maximum absolute atomic E-state index is 11.9. The van der Waals surface area contributed by atoms with Crippen molar-refractivity contribution in [2.45, 2.75) is 38.7 Å². The number of aromatic amines is 1. The van der Waals surface area contributed by atoms with Gasteiger partial charge in [-0.2, -0.15) is 0 Å². The van der Waals surface area contributed by atoms with Gasteiger partial charge in [-0.3, -0.25) is 14.3 Å². The number of rotatable bonds is 4. The van der Waals surface area contributed by atoms with Crippen LogP contribution in [0.15, 0.2) is 40.1 Å². The largest absolute Gasteiger partial charge is 0.491 e. The molecule has 0 radical (unpaired) electrons. The van der Waals surface area contributed by atoms with Crippen LogP contribution in [0.25, 0.3) is 0 Å². The van der Waals surface area contributed by atoms with Crippen LogP contribution in [0.4, 0.5) is 0 Å². The van der Waals surface area contributed by atoms with Gasteiger partial charge >= 0.3 is 5.69 Å². The number of hydrogen-bond donors (Lipinski definition) is 2. The Kier molecular flexibility index (Phi) is 4.55. The van der Waals surface area contributed by atoms with E-state index in [-0.39, 0.29) is 13.0 Å². The van der Waals surface area contributed by atoms with E-state index in [4.69, 9.17) is 9.47 Å². The van der Waals surface area contributed by atoms with Crippen LogP contribution in [0.5, 0.6) is 5.75 Å². The number of H-pyrrole nitrogens is 1. The molecule has 0 bridgehead atoms. The summed E-state index contributed by atoms with van der Waals surface area (Å²) in [4.78, 5) is 25.6. The van der Waals surface area contributed by atoms with Gasteiger partial charge in [0.15, 0.2) is 0 Å². The first-order chi connectivity index (χ1) is 11.4. The van der Waals surface area contributed by atoms with E-state index in [1.165, 1.54) is 10.8 Å². The topological polar surface area (TPSA) is 93.5 Å². The molecule has 1 aliphatic rings. The van der Waals surface area contributed by atoms with Crippen molar-refractivity contribution in [1.29, 1.82) is 0 Å². The fraction of sp³-hybridized carbons (Fsp3) is 0.412. The van der Waals surface area contributed by atoms with Crippen LogP contribution < -0.4 is 16.0 Å². The van der Waals surface area contributed by atoms with E-state index in [2.05, 4.69) is 4.98 Å². The van der Waals surface area contributed by atoms with E-state index >= 15 is 0 Å². The quantitative estimate of drug-likeness (QED) is 0.867. The molecule has 2 N–H and O–H groups in total. The van der Waals surface area contributed by atoms with Crippen molar-refractivity contribution in [3.63, 3.8) is 0 Å². The molecule has 0 aliphatic carbocycles. The van der Waals surface area contributed by atoms with Crippen molar-refractivity contribution < 1.29 is 14.6 Å². The van der Waals surface area contributed by atoms with Crippen LogP contribution in [0.1, 0.15) is 23.8 Å². The van der Waals surface area contributed by atoms with Crippen LogP contribution >= 0.6 is 0 Å². The van der Waals surface area contributed by atoms with Crippen molar-refractivity contribution in [2.24, 2.45) is 0 Å². The lowest BCUT2D eigenvalue weighted by molar-refractivity contribution is -0.0410. The van der Waals surface area contributed by atoms with E-state index in [0.717, 1.165) is 5.56 Å². The summed E-state index contributed by atoms with van der Waals surface area (Å²) in [5.41, 5.74) is 0.512. The summed E-state index contributed by atoms with van der Waals surface area (Å²) in [5.74, 6) is 0.700. The molecule has 1 saturated heterocycles. The molecule has 3 atom stereocenters. The number of aromatic nitrogens is 2. The zero-order valence-corrected chi connectivity index (χ0v) is 13.6. The van der Waals surface area contributed by atoms with Gasteiger partial charge in [-0.05, 0) is 31.5 Å². The molecule has 2 aromatic rings. The number of nitrogens with zero attached hydrogens (tertiary/aromatic N) is 1.